The molecule has 1 aromatic heterocycles. The molecule has 0 saturated carbocycles. The van der Waals surface area contributed by atoms with Crippen LogP contribution < -0.4 is 0 Å². The molecule has 144 valence electrons. The number of hydrogen-bond acceptors (Lipinski definition) is 3. The Labute approximate surface area is 154 Å². The fraction of sp³-hybridized carbons (Fsp3) is 0.773. The quantitative estimate of drug-likeness (QED) is 0.233. The Bertz CT molecular complexity index is 436. The first kappa shape index (κ1) is 21.8. The van der Waals surface area contributed by atoms with E-state index in [1.165, 1.54) is 77.0 Å². The second-order valence-corrected chi connectivity index (χ2v) is 7.14. The molecule has 0 atom stereocenters. The van der Waals surface area contributed by atoms with E-state index in [0.717, 1.165) is 18.6 Å². The number of rotatable bonds is 16. The maximum atomic E-state index is 11.7. The fourth-order valence-corrected chi connectivity index (χ4v) is 3.08. The number of carbonyl (C=O) groups excluding carboxylic acids is 1. The van der Waals surface area contributed by atoms with Crippen molar-refractivity contribution in [2.45, 2.75) is 104 Å². The van der Waals surface area contributed by atoms with Crippen molar-refractivity contribution in [2.75, 3.05) is 6.61 Å². The molecule has 1 rings (SSSR count). The Morgan fingerprint density at radius 3 is 1.72 bits per heavy atom. The van der Waals surface area contributed by atoms with Gasteiger partial charge in [0.1, 0.15) is 5.76 Å². The number of unbranched alkanes of at least 4 members (excludes halogenated alkanes) is 13. The molecule has 0 spiro atoms. The predicted molar refractivity (Wildman–Crippen MR) is 104 cm³/mol. The molecule has 3 heteroatoms. The van der Waals surface area contributed by atoms with Crippen molar-refractivity contribution < 1.29 is 13.9 Å². The third-order valence-corrected chi connectivity index (χ3v) is 4.67. The van der Waals surface area contributed by atoms with Crippen LogP contribution in [-0.2, 0) is 4.74 Å². The van der Waals surface area contributed by atoms with Crippen LogP contribution in [0.5, 0.6) is 0 Å². The molecular formula is C22H38O3. The number of esters is 1. The van der Waals surface area contributed by atoms with Gasteiger partial charge in [-0.3, -0.25) is 0 Å². The van der Waals surface area contributed by atoms with Crippen LogP contribution in [0.25, 0.3) is 0 Å². The van der Waals surface area contributed by atoms with Gasteiger partial charge in [0.05, 0.1) is 6.61 Å². The molecule has 0 fully saturated rings. The minimum atomic E-state index is -0.345. The van der Waals surface area contributed by atoms with Crippen LogP contribution in [-0.4, -0.2) is 12.6 Å². The van der Waals surface area contributed by atoms with Crippen molar-refractivity contribution in [2.24, 2.45) is 0 Å². The highest BCUT2D eigenvalue weighted by atomic mass is 16.5. The Hall–Kier alpha value is -1.25. The average molecular weight is 351 g/mol. The molecule has 0 radical (unpaired) electrons. The van der Waals surface area contributed by atoms with Crippen molar-refractivity contribution in [3.63, 3.8) is 0 Å². The molecule has 0 amide bonds. The summed E-state index contributed by atoms with van der Waals surface area (Å²) in [6.07, 6.45) is 18.6. The summed E-state index contributed by atoms with van der Waals surface area (Å²) in [5.41, 5.74) is 0. The van der Waals surface area contributed by atoms with Gasteiger partial charge in [-0.25, -0.2) is 4.79 Å². The van der Waals surface area contributed by atoms with Gasteiger partial charge in [-0.2, -0.15) is 0 Å². The van der Waals surface area contributed by atoms with Gasteiger partial charge in [-0.1, -0.05) is 90.4 Å². The van der Waals surface area contributed by atoms with E-state index in [4.69, 9.17) is 9.15 Å². The van der Waals surface area contributed by atoms with Crippen LogP contribution in [0.1, 0.15) is 113 Å². The number of hydrogen-bond donors (Lipinski definition) is 0. The molecule has 1 aromatic rings. The van der Waals surface area contributed by atoms with E-state index in [1.54, 1.807) is 12.1 Å². The molecule has 0 aliphatic rings. The first-order valence-corrected chi connectivity index (χ1v) is 10.5. The second-order valence-electron chi connectivity index (χ2n) is 7.14. The lowest BCUT2D eigenvalue weighted by Gasteiger charge is -2.04. The lowest BCUT2D eigenvalue weighted by Crippen LogP contribution is -2.05. The smallest absolute Gasteiger partial charge is 0.374 e. The number of carbonyl (C=O) groups is 1. The van der Waals surface area contributed by atoms with E-state index in [0.29, 0.717) is 12.4 Å². The molecule has 25 heavy (non-hydrogen) atoms. The predicted octanol–water partition coefficient (Wildman–Crippen LogP) is 7.23. The summed E-state index contributed by atoms with van der Waals surface area (Å²) in [5, 5.41) is 0. The van der Waals surface area contributed by atoms with Gasteiger partial charge >= 0.3 is 5.97 Å². The van der Waals surface area contributed by atoms with Gasteiger partial charge in [-0.15, -0.1) is 0 Å². The van der Waals surface area contributed by atoms with Gasteiger partial charge in [0.25, 0.3) is 0 Å². The zero-order valence-electron chi connectivity index (χ0n) is 16.5. The summed E-state index contributed by atoms with van der Waals surface area (Å²) >= 11 is 0. The number of ether oxygens (including phenoxy) is 1. The molecular weight excluding hydrogens is 312 g/mol. The summed E-state index contributed by atoms with van der Waals surface area (Å²) in [4.78, 5) is 11.7. The van der Waals surface area contributed by atoms with Gasteiger partial charge in [-0.05, 0) is 25.5 Å². The number of aryl methyl sites for hydroxylation is 1. The van der Waals surface area contributed by atoms with E-state index in [9.17, 15) is 4.79 Å². The van der Waals surface area contributed by atoms with Gasteiger partial charge in [0.2, 0.25) is 5.76 Å². The van der Waals surface area contributed by atoms with E-state index >= 15 is 0 Å². The van der Waals surface area contributed by atoms with E-state index in [2.05, 4.69) is 6.92 Å². The zero-order valence-corrected chi connectivity index (χ0v) is 16.5. The van der Waals surface area contributed by atoms with E-state index < -0.39 is 0 Å². The summed E-state index contributed by atoms with van der Waals surface area (Å²) < 4.78 is 10.5. The summed E-state index contributed by atoms with van der Waals surface area (Å²) in [6, 6.07) is 3.45. The van der Waals surface area contributed by atoms with Crippen molar-refractivity contribution in [1.29, 1.82) is 0 Å². The summed E-state index contributed by atoms with van der Waals surface area (Å²) in [7, 11) is 0. The maximum absolute atomic E-state index is 11.7. The van der Waals surface area contributed by atoms with Crippen LogP contribution in [0.2, 0.25) is 0 Å². The first-order valence-electron chi connectivity index (χ1n) is 10.5. The third-order valence-electron chi connectivity index (χ3n) is 4.67. The number of furan rings is 1. The highest BCUT2D eigenvalue weighted by molar-refractivity contribution is 5.86. The van der Waals surface area contributed by atoms with E-state index in [-0.39, 0.29) is 5.97 Å². The highest BCUT2D eigenvalue weighted by Crippen LogP contribution is 2.13. The second kappa shape index (κ2) is 15.0. The van der Waals surface area contributed by atoms with Crippen molar-refractivity contribution >= 4 is 5.97 Å². The minimum Gasteiger partial charge on any atom is -0.460 e. The highest BCUT2D eigenvalue weighted by Gasteiger charge is 2.10. The molecule has 3 nitrogen and oxygen atoms in total. The molecule has 0 aliphatic heterocycles. The Morgan fingerprint density at radius 1 is 0.800 bits per heavy atom. The van der Waals surface area contributed by atoms with Crippen LogP contribution in [0.4, 0.5) is 0 Å². The van der Waals surface area contributed by atoms with Crippen LogP contribution in [0, 0.1) is 6.92 Å². The van der Waals surface area contributed by atoms with Crippen LogP contribution in [0.15, 0.2) is 16.5 Å². The summed E-state index contributed by atoms with van der Waals surface area (Å²) in [5.74, 6) is 0.703. The Kier molecular flexibility index (Phi) is 13.1. The van der Waals surface area contributed by atoms with Crippen LogP contribution in [0.3, 0.4) is 0 Å². The standard InChI is InChI=1S/C22H38O3/c1-3-4-5-6-7-8-9-10-11-12-13-14-15-16-19-24-22(23)21-18-17-20(2)25-21/h17-18H,3-16,19H2,1-2H3. The molecule has 0 aliphatic carbocycles. The minimum absolute atomic E-state index is 0.308. The normalized spacial score (nSPS) is 11.0. The van der Waals surface area contributed by atoms with Crippen molar-refractivity contribution in [3.05, 3.63) is 23.7 Å². The molecule has 0 aromatic carbocycles. The zero-order chi connectivity index (χ0) is 18.2. The monoisotopic (exact) mass is 350 g/mol. The van der Waals surface area contributed by atoms with E-state index in [1.807, 2.05) is 6.92 Å². The summed E-state index contributed by atoms with van der Waals surface area (Å²) in [6.45, 7) is 4.59. The molecule has 0 bridgehead atoms. The van der Waals surface area contributed by atoms with Crippen molar-refractivity contribution in [1.82, 2.24) is 0 Å². The topological polar surface area (TPSA) is 39.4 Å². The maximum Gasteiger partial charge on any atom is 0.374 e. The van der Waals surface area contributed by atoms with Crippen LogP contribution >= 0.6 is 0 Å². The molecule has 0 N–H and O–H groups in total. The molecule has 0 saturated heterocycles. The first-order chi connectivity index (χ1) is 12.2. The largest absolute Gasteiger partial charge is 0.460 e. The Morgan fingerprint density at radius 2 is 1.28 bits per heavy atom. The van der Waals surface area contributed by atoms with Gasteiger partial charge in [0.15, 0.2) is 0 Å². The fourth-order valence-electron chi connectivity index (χ4n) is 3.08. The lowest BCUT2D eigenvalue weighted by atomic mass is 10.0. The SMILES string of the molecule is CCCCCCCCCCCCCCCCOC(=O)c1ccc(C)o1. The van der Waals surface area contributed by atoms with Crippen molar-refractivity contribution in [3.8, 4) is 0 Å². The van der Waals surface area contributed by atoms with Gasteiger partial charge < -0.3 is 9.15 Å². The Balaban J connectivity index is 1.78. The van der Waals surface area contributed by atoms with Gasteiger partial charge in [0, 0.05) is 0 Å². The average Bonchev–Trinajstić information content (AvgIpc) is 3.04. The lowest BCUT2D eigenvalue weighted by molar-refractivity contribution is 0.0460. The third kappa shape index (κ3) is 11.9. The molecule has 0 unspecified atom stereocenters. The molecule has 1 heterocycles.